The van der Waals surface area contributed by atoms with Gasteiger partial charge in [-0.15, -0.1) is 0 Å². The minimum atomic E-state index is 0.390. The second-order valence-corrected chi connectivity index (χ2v) is 6.37. The third-order valence-electron chi connectivity index (χ3n) is 4.30. The van der Waals surface area contributed by atoms with E-state index in [1.165, 1.54) is 24.0 Å². The summed E-state index contributed by atoms with van der Waals surface area (Å²) in [5, 5.41) is 3.71. The van der Waals surface area contributed by atoms with Crippen LogP contribution in [0.1, 0.15) is 57.7 Å². The van der Waals surface area contributed by atoms with Crippen molar-refractivity contribution in [2.75, 3.05) is 6.54 Å². The topological polar surface area (TPSA) is 21.3 Å². The lowest BCUT2D eigenvalue weighted by atomic mass is 9.94. The van der Waals surface area contributed by atoms with E-state index >= 15 is 0 Å². The molecule has 3 atom stereocenters. The van der Waals surface area contributed by atoms with Crippen LogP contribution in [0.3, 0.4) is 0 Å². The number of rotatable bonds is 6. The first kappa shape index (κ1) is 15.5. The highest BCUT2D eigenvalue weighted by molar-refractivity contribution is 5.25. The molecule has 1 aliphatic rings. The van der Waals surface area contributed by atoms with E-state index in [2.05, 4.69) is 57.3 Å². The average molecular weight is 275 g/mol. The van der Waals surface area contributed by atoms with E-state index in [9.17, 15) is 0 Å². The Bertz CT molecular complexity index is 398. The SMILES string of the molecule is CCc1ccc(C(NCC2CCC(C)O2)C(C)C)cc1. The average Bonchev–Trinajstić information content (AvgIpc) is 2.85. The van der Waals surface area contributed by atoms with E-state index in [1.54, 1.807) is 0 Å². The van der Waals surface area contributed by atoms with Crippen molar-refractivity contribution in [2.24, 2.45) is 5.92 Å². The molecule has 0 aliphatic carbocycles. The van der Waals surface area contributed by atoms with Gasteiger partial charge in [0.05, 0.1) is 12.2 Å². The van der Waals surface area contributed by atoms with Crippen LogP contribution in [0.4, 0.5) is 0 Å². The molecule has 0 aromatic heterocycles. The van der Waals surface area contributed by atoms with Gasteiger partial charge >= 0.3 is 0 Å². The van der Waals surface area contributed by atoms with Gasteiger partial charge in [0.1, 0.15) is 0 Å². The first-order valence-corrected chi connectivity index (χ1v) is 8.07. The molecule has 1 aliphatic heterocycles. The van der Waals surface area contributed by atoms with Gasteiger partial charge in [-0.25, -0.2) is 0 Å². The molecule has 1 N–H and O–H groups in total. The highest BCUT2D eigenvalue weighted by Gasteiger charge is 2.23. The monoisotopic (exact) mass is 275 g/mol. The second-order valence-electron chi connectivity index (χ2n) is 6.37. The summed E-state index contributed by atoms with van der Waals surface area (Å²) >= 11 is 0. The molecule has 0 bridgehead atoms. The van der Waals surface area contributed by atoms with E-state index < -0.39 is 0 Å². The quantitative estimate of drug-likeness (QED) is 0.844. The molecule has 20 heavy (non-hydrogen) atoms. The Hall–Kier alpha value is -0.860. The van der Waals surface area contributed by atoms with Gasteiger partial charge in [0.25, 0.3) is 0 Å². The lowest BCUT2D eigenvalue weighted by Gasteiger charge is -2.25. The zero-order valence-electron chi connectivity index (χ0n) is 13.4. The van der Waals surface area contributed by atoms with Crippen LogP contribution >= 0.6 is 0 Å². The number of ether oxygens (including phenoxy) is 1. The molecule has 112 valence electrons. The van der Waals surface area contributed by atoms with Gasteiger partial charge in [0.2, 0.25) is 0 Å². The highest BCUT2D eigenvalue weighted by Crippen LogP contribution is 2.24. The van der Waals surface area contributed by atoms with Crippen molar-refractivity contribution in [3.8, 4) is 0 Å². The van der Waals surface area contributed by atoms with E-state index in [0.29, 0.717) is 24.2 Å². The molecule has 1 heterocycles. The Labute approximate surface area is 123 Å². The van der Waals surface area contributed by atoms with Gasteiger partial charge in [-0.2, -0.15) is 0 Å². The van der Waals surface area contributed by atoms with Crippen molar-refractivity contribution in [3.05, 3.63) is 35.4 Å². The minimum absolute atomic E-state index is 0.390. The Kier molecular flexibility index (Phi) is 5.62. The number of benzene rings is 1. The first-order chi connectivity index (χ1) is 9.60. The molecule has 1 fully saturated rings. The van der Waals surface area contributed by atoms with Crippen molar-refractivity contribution in [1.29, 1.82) is 0 Å². The first-order valence-electron chi connectivity index (χ1n) is 8.07. The highest BCUT2D eigenvalue weighted by atomic mass is 16.5. The lowest BCUT2D eigenvalue weighted by molar-refractivity contribution is 0.0533. The molecule has 0 spiro atoms. The van der Waals surface area contributed by atoms with Crippen molar-refractivity contribution in [2.45, 2.75) is 65.2 Å². The van der Waals surface area contributed by atoms with Gasteiger partial charge in [0, 0.05) is 12.6 Å². The van der Waals surface area contributed by atoms with Gasteiger partial charge in [-0.1, -0.05) is 45.0 Å². The predicted octanol–water partition coefficient (Wildman–Crippen LogP) is 4.10. The Balaban J connectivity index is 1.95. The van der Waals surface area contributed by atoms with E-state index in [4.69, 9.17) is 4.74 Å². The maximum Gasteiger partial charge on any atom is 0.0704 e. The summed E-state index contributed by atoms with van der Waals surface area (Å²) in [4.78, 5) is 0. The summed E-state index contributed by atoms with van der Waals surface area (Å²) in [6, 6.07) is 9.46. The van der Waals surface area contributed by atoms with E-state index in [-0.39, 0.29) is 0 Å². The second kappa shape index (κ2) is 7.24. The standard InChI is InChI=1S/C18H29NO/c1-5-15-7-9-16(10-8-15)18(13(2)3)19-12-17-11-6-14(4)20-17/h7-10,13-14,17-19H,5-6,11-12H2,1-4H3. The Morgan fingerprint density at radius 2 is 1.90 bits per heavy atom. The van der Waals surface area contributed by atoms with Gasteiger partial charge < -0.3 is 10.1 Å². The summed E-state index contributed by atoms with van der Waals surface area (Å²) in [5.74, 6) is 0.585. The minimum Gasteiger partial charge on any atom is -0.374 e. The normalized spacial score (nSPS) is 24.2. The van der Waals surface area contributed by atoms with Crippen LogP contribution in [0.25, 0.3) is 0 Å². The third-order valence-corrected chi connectivity index (χ3v) is 4.30. The fourth-order valence-corrected chi connectivity index (χ4v) is 2.99. The van der Waals surface area contributed by atoms with Crippen LogP contribution in [0.2, 0.25) is 0 Å². The maximum absolute atomic E-state index is 5.90. The van der Waals surface area contributed by atoms with E-state index in [1.807, 2.05) is 0 Å². The molecule has 2 rings (SSSR count). The molecule has 2 nitrogen and oxygen atoms in total. The van der Waals surface area contributed by atoms with E-state index in [0.717, 1.165) is 13.0 Å². The summed E-state index contributed by atoms with van der Waals surface area (Å²) in [6.45, 7) is 9.89. The summed E-state index contributed by atoms with van der Waals surface area (Å²) in [6.07, 6.45) is 4.31. The van der Waals surface area contributed by atoms with Gasteiger partial charge in [-0.3, -0.25) is 0 Å². The number of aryl methyl sites for hydroxylation is 1. The maximum atomic E-state index is 5.90. The summed E-state index contributed by atoms with van der Waals surface area (Å²) in [5.41, 5.74) is 2.80. The van der Waals surface area contributed by atoms with Crippen LogP contribution in [0, 0.1) is 5.92 Å². The van der Waals surface area contributed by atoms with Crippen LogP contribution < -0.4 is 5.32 Å². The van der Waals surface area contributed by atoms with Crippen LogP contribution in [0.15, 0.2) is 24.3 Å². The van der Waals surface area contributed by atoms with Crippen LogP contribution in [0.5, 0.6) is 0 Å². The molecule has 3 unspecified atom stereocenters. The molecule has 1 aromatic carbocycles. The molecule has 1 aromatic rings. The van der Waals surface area contributed by atoms with Crippen LogP contribution in [-0.4, -0.2) is 18.8 Å². The molecule has 2 heteroatoms. The number of nitrogens with one attached hydrogen (secondary N) is 1. The largest absolute Gasteiger partial charge is 0.374 e. The predicted molar refractivity (Wildman–Crippen MR) is 85.0 cm³/mol. The van der Waals surface area contributed by atoms with Crippen molar-refractivity contribution < 1.29 is 4.74 Å². The smallest absolute Gasteiger partial charge is 0.0704 e. The Morgan fingerprint density at radius 1 is 1.20 bits per heavy atom. The molecular formula is C18H29NO. The van der Waals surface area contributed by atoms with Crippen molar-refractivity contribution in [3.63, 3.8) is 0 Å². The molecule has 1 saturated heterocycles. The zero-order chi connectivity index (χ0) is 14.5. The fourth-order valence-electron chi connectivity index (χ4n) is 2.99. The number of hydrogen-bond donors (Lipinski definition) is 1. The van der Waals surface area contributed by atoms with Gasteiger partial charge in [-0.05, 0) is 43.2 Å². The molecular weight excluding hydrogens is 246 g/mol. The zero-order valence-corrected chi connectivity index (χ0v) is 13.4. The summed E-state index contributed by atoms with van der Waals surface area (Å²) in [7, 11) is 0. The molecule has 0 saturated carbocycles. The van der Waals surface area contributed by atoms with Crippen LogP contribution in [-0.2, 0) is 11.2 Å². The molecule has 0 amide bonds. The third kappa shape index (κ3) is 4.07. The van der Waals surface area contributed by atoms with Crippen molar-refractivity contribution in [1.82, 2.24) is 5.32 Å². The Morgan fingerprint density at radius 3 is 2.40 bits per heavy atom. The number of hydrogen-bond acceptors (Lipinski definition) is 2. The van der Waals surface area contributed by atoms with Gasteiger partial charge in [0.15, 0.2) is 0 Å². The lowest BCUT2D eigenvalue weighted by Crippen LogP contribution is -2.33. The summed E-state index contributed by atoms with van der Waals surface area (Å²) < 4.78 is 5.90. The van der Waals surface area contributed by atoms with Crippen molar-refractivity contribution >= 4 is 0 Å². The molecule has 0 radical (unpaired) electrons. The fraction of sp³-hybridized carbons (Fsp3) is 0.667.